The zero-order valence-electron chi connectivity index (χ0n) is 14.1. The fourth-order valence-corrected chi connectivity index (χ4v) is 3.48. The van der Waals surface area contributed by atoms with Gasteiger partial charge in [0, 0.05) is 28.4 Å². The second kappa shape index (κ2) is 7.42. The van der Waals surface area contributed by atoms with E-state index in [1.54, 1.807) is 17.0 Å². The molecule has 1 aromatic rings. The lowest BCUT2D eigenvalue weighted by Crippen LogP contribution is -2.42. The van der Waals surface area contributed by atoms with E-state index in [4.69, 9.17) is 5.11 Å². The number of likely N-dealkylation sites (tertiary alicyclic amines) is 1. The van der Waals surface area contributed by atoms with Gasteiger partial charge in [-0.2, -0.15) is 0 Å². The summed E-state index contributed by atoms with van der Waals surface area (Å²) in [5.41, 5.74) is 0.399. The van der Waals surface area contributed by atoms with Crippen molar-refractivity contribution in [1.29, 1.82) is 0 Å². The molecule has 1 heterocycles. The van der Waals surface area contributed by atoms with Crippen LogP contribution in [0.15, 0.2) is 23.1 Å². The molecule has 1 fully saturated rings. The summed E-state index contributed by atoms with van der Waals surface area (Å²) in [5, 5.41) is 11.6. The predicted octanol–water partition coefficient (Wildman–Crippen LogP) is 4.04. The SMILES string of the molecule is CC(C)(C)Sc1ccc(NC(=O)N2CCC(C(=O)O)CC2)cc1F. The Morgan fingerprint density at radius 1 is 1.29 bits per heavy atom. The van der Waals surface area contributed by atoms with Crippen LogP contribution >= 0.6 is 11.8 Å². The number of nitrogens with zero attached hydrogens (tertiary/aromatic N) is 1. The van der Waals surface area contributed by atoms with Crippen molar-refractivity contribution in [2.45, 2.75) is 43.3 Å². The molecule has 0 aromatic heterocycles. The van der Waals surface area contributed by atoms with Crippen molar-refractivity contribution < 1.29 is 19.1 Å². The van der Waals surface area contributed by atoms with Gasteiger partial charge in [-0.3, -0.25) is 4.79 Å². The second-order valence-electron chi connectivity index (χ2n) is 6.89. The molecule has 0 spiro atoms. The van der Waals surface area contributed by atoms with Crippen molar-refractivity contribution in [3.8, 4) is 0 Å². The molecule has 0 aliphatic carbocycles. The highest BCUT2D eigenvalue weighted by atomic mass is 32.2. The molecule has 1 aliphatic rings. The summed E-state index contributed by atoms with van der Waals surface area (Å²) in [6, 6.07) is 4.33. The normalized spacial score (nSPS) is 16.1. The highest BCUT2D eigenvalue weighted by Gasteiger charge is 2.27. The number of carbonyl (C=O) groups is 2. The Balaban J connectivity index is 1.95. The maximum atomic E-state index is 14.2. The molecule has 1 saturated heterocycles. The molecule has 0 bridgehead atoms. The van der Waals surface area contributed by atoms with Gasteiger partial charge in [-0.05, 0) is 31.0 Å². The van der Waals surface area contributed by atoms with Crippen LogP contribution in [-0.2, 0) is 4.79 Å². The summed E-state index contributed by atoms with van der Waals surface area (Å²) in [5.74, 6) is -1.57. The Bertz CT molecular complexity index is 623. The second-order valence-corrected chi connectivity index (χ2v) is 8.76. The number of aliphatic carboxylic acids is 1. The van der Waals surface area contributed by atoms with Crippen LogP contribution in [0.25, 0.3) is 0 Å². The molecule has 2 N–H and O–H groups in total. The number of hydrogen-bond acceptors (Lipinski definition) is 3. The lowest BCUT2D eigenvalue weighted by Gasteiger charge is -2.30. The van der Waals surface area contributed by atoms with Crippen LogP contribution in [0.5, 0.6) is 0 Å². The molecule has 24 heavy (non-hydrogen) atoms. The first-order chi connectivity index (χ1) is 11.2. The molecule has 0 saturated carbocycles. The minimum absolute atomic E-state index is 0.0971. The number of thioether (sulfide) groups is 1. The number of anilines is 1. The smallest absolute Gasteiger partial charge is 0.321 e. The molecule has 5 nitrogen and oxygen atoms in total. The molecular formula is C17H23FN2O3S. The molecule has 1 aromatic carbocycles. The highest BCUT2D eigenvalue weighted by molar-refractivity contribution is 8.00. The fourth-order valence-electron chi connectivity index (χ4n) is 2.52. The number of carbonyl (C=O) groups excluding carboxylic acids is 1. The van der Waals surface area contributed by atoms with Gasteiger partial charge in [-0.25, -0.2) is 9.18 Å². The van der Waals surface area contributed by atoms with Crippen LogP contribution in [0, 0.1) is 11.7 Å². The van der Waals surface area contributed by atoms with E-state index >= 15 is 0 Å². The third kappa shape index (κ3) is 5.12. The minimum Gasteiger partial charge on any atom is -0.481 e. The van der Waals surface area contributed by atoms with Crippen LogP contribution < -0.4 is 5.32 Å². The van der Waals surface area contributed by atoms with Gasteiger partial charge in [-0.15, -0.1) is 11.8 Å². The number of urea groups is 1. The molecule has 1 aliphatic heterocycles. The molecule has 132 valence electrons. The summed E-state index contributed by atoms with van der Waals surface area (Å²) >= 11 is 1.43. The number of amides is 2. The van der Waals surface area contributed by atoms with Gasteiger partial charge < -0.3 is 15.3 Å². The van der Waals surface area contributed by atoms with Crippen molar-refractivity contribution in [2.75, 3.05) is 18.4 Å². The minimum atomic E-state index is -0.816. The van der Waals surface area contributed by atoms with E-state index in [1.807, 2.05) is 20.8 Å². The maximum Gasteiger partial charge on any atom is 0.321 e. The third-order valence-corrected chi connectivity index (χ3v) is 4.89. The molecule has 7 heteroatoms. The number of halogens is 1. The van der Waals surface area contributed by atoms with Crippen LogP contribution in [0.2, 0.25) is 0 Å². The zero-order valence-corrected chi connectivity index (χ0v) is 15.0. The summed E-state index contributed by atoms with van der Waals surface area (Å²) in [4.78, 5) is 25.2. The van der Waals surface area contributed by atoms with Crippen molar-refractivity contribution in [3.05, 3.63) is 24.0 Å². The van der Waals surface area contributed by atoms with E-state index in [9.17, 15) is 14.0 Å². The highest BCUT2D eigenvalue weighted by Crippen LogP contribution is 2.34. The standard InChI is InChI=1S/C17H23FN2O3S/c1-17(2,3)24-14-5-4-12(10-13(14)18)19-16(23)20-8-6-11(7-9-20)15(21)22/h4-5,10-11H,6-9H2,1-3H3,(H,19,23)(H,21,22). The van der Waals surface area contributed by atoms with Gasteiger partial charge in [0.2, 0.25) is 0 Å². The van der Waals surface area contributed by atoms with Gasteiger partial charge in [0.1, 0.15) is 5.82 Å². The molecule has 0 radical (unpaired) electrons. The summed E-state index contributed by atoms with van der Waals surface area (Å²) < 4.78 is 14.1. The van der Waals surface area contributed by atoms with Crippen molar-refractivity contribution >= 4 is 29.4 Å². The van der Waals surface area contributed by atoms with Crippen molar-refractivity contribution in [3.63, 3.8) is 0 Å². The van der Waals surface area contributed by atoms with Crippen LogP contribution in [0.3, 0.4) is 0 Å². The Hall–Kier alpha value is -1.76. The van der Waals surface area contributed by atoms with Gasteiger partial charge >= 0.3 is 12.0 Å². The Morgan fingerprint density at radius 2 is 1.92 bits per heavy atom. The molecule has 0 unspecified atom stereocenters. The van der Waals surface area contributed by atoms with Crippen LogP contribution in [-0.4, -0.2) is 39.8 Å². The summed E-state index contributed by atoms with van der Waals surface area (Å²) in [7, 11) is 0. The van der Waals surface area contributed by atoms with E-state index in [2.05, 4.69) is 5.32 Å². The molecular weight excluding hydrogens is 331 g/mol. The number of hydrogen-bond donors (Lipinski definition) is 2. The number of rotatable bonds is 3. The van der Waals surface area contributed by atoms with E-state index in [0.717, 1.165) is 0 Å². The Labute approximate surface area is 145 Å². The van der Waals surface area contributed by atoms with E-state index < -0.39 is 5.97 Å². The maximum absolute atomic E-state index is 14.2. The predicted molar refractivity (Wildman–Crippen MR) is 93.0 cm³/mol. The van der Waals surface area contributed by atoms with E-state index in [-0.39, 0.29) is 22.5 Å². The van der Waals surface area contributed by atoms with E-state index in [1.165, 1.54) is 17.8 Å². The van der Waals surface area contributed by atoms with Crippen LogP contribution in [0.4, 0.5) is 14.9 Å². The number of piperidine rings is 1. The average Bonchev–Trinajstić information content (AvgIpc) is 2.49. The quantitative estimate of drug-likeness (QED) is 0.804. The Kier molecular flexibility index (Phi) is 5.74. The Morgan fingerprint density at radius 3 is 2.42 bits per heavy atom. The number of nitrogens with one attached hydrogen (secondary N) is 1. The van der Waals surface area contributed by atoms with E-state index in [0.29, 0.717) is 36.5 Å². The van der Waals surface area contributed by atoms with Gasteiger partial charge in [0.05, 0.1) is 5.92 Å². The first-order valence-corrected chi connectivity index (χ1v) is 8.74. The van der Waals surface area contributed by atoms with Crippen molar-refractivity contribution in [1.82, 2.24) is 4.90 Å². The lowest BCUT2D eigenvalue weighted by atomic mass is 9.97. The molecule has 2 rings (SSSR count). The summed E-state index contributed by atoms with van der Waals surface area (Å²) in [6.45, 7) is 6.81. The number of carboxylic acids is 1. The molecule has 0 atom stereocenters. The lowest BCUT2D eigenvalue weighted by molar-refractivity contribution is -0.143. The van der Waals surface area contributed by atoms with Gasteiger partial charge in [0.25, 0.3) is 0 Å². The van der Waals surface area contributed by atoms with Crippen LogP contribution in [0.1, 0.15) is 33.6 Å². The van der Waals surface area contributed by atoms with Gasteiger partial charge in [-0.1, -0.05) is 20.8 Å². The average molecular weight is 354 g/mol. The van der Waals surface area contributed by atoms with Gasteiger partial charge in [0.15, 0.2) is 0 Å². The number of carboxylic acid groups (broad SMARTS) is 1. The topological polar surface area (TPSA) is 69.6 Å². The summed E-state index contributed by atoms with van der Waals surface area (Å²) in [6.07, 6.45) is 0.885. The van der Waals surface area contributed by atoms with Crippen molar-refractivity contribution in [2.24, 2.45) is 5.92 Å². The zero-order chi connectivity index (χ0) is 17.9. The fraction of sp³-hybridized carbons (Fsp3) is 0.529. The monoisotopic (exact) mass is 354 g/mol. The third-order valence-electron chi connectivity index (χ3n) is 3.73. The first-order valence-electron chi connectivity index (χ1n) is 7.93. The number of benzene rings is 1. The largest absolute Gasteiger partial charge is 0.481 e. The molecule has 2 amide bonds. The first kappa shape index (κ1) is 18.6.